The van der Waals surface area contributed by atoms with Crippen molar-refractivity contribution in [2.75, 3.05) is 24.2 Å². The van der Waals surface area contributed by atoms with Crippen molar-refractivity contribution in [3.63, 3.8) is 0 Å². The van der Waals surface area contributed by atoms with Crippen molar-refractivity contribution in [2.45, 2.75) is 19.8 Å². The van der Waals surface area contributed by atoms with Crippen LogP contribution in [0.25, 0.3) is 0 Å². The monoisotopic (exact) mass is 300 g/mol. The van der Waals surface area contributed by atoms with E-state index in [-0.39, 0.29) is 5.97 Å². The van der Waals surface area contributed by atoms with Crippen molar-refractivity contribution < 1.29 is 9.53 Å². The highest BCUT2D eigenvalue weighted by Gasteiger charge is 2.02. The van der Waals surface area contributed by atoms with Gasteiger partial charge in [-0.25, -0.2) is 0 Å². The van der Waals surface area contributed by atoms with Gasteiger partial charge in [-0.05, 0) is 47.5 Å². The van der Waals surface area contributed by atoms with Gasteiger partial charge < -0.3 is 15.8 Å². The van der Waals surface area contributed by atoms with Crippen molar-refractivity contribution in [2.24, 2.45) is 0 Å². The van der Waals surface area contributed by atoms with E-state index in [0.29, 0.717) is 18.7 Å². The van der Waals surface area contributed by atoms with Crippen LogP contribution in [-0.4, -0.2) is 19.1 Å². The predicted molar refractivity (Wildman–Crippen MR) is 72.9 cm³/mol. The summed E-state index contributed by atoms with van der Waals surface area (Å²) in [5, 5.41) is 3.23. The minimum atomic E-state index is -0.148. The van der Waals surface area contributed by atoms with E-state index in [9.17, 15) is 4.79 Å². The van der Waals surface area contributed by atoms with Gasteiger partial charge in [0.2, 0.25) is 0 Å². The fraction of sp³-hybridized carbons (Fsp3) is 0.417. The molecule has 0 bridgehead atoms. The molecule has 0 saturated heterocycles. The first-order valence-electron chi connectivity index (χ1n) is 5.58. The van der Waals surface area contributed by atoms with Gasteiger partial charge in [0, 0.05) is 28.8 Å². The van der Waals surface area contributed by atoms with Crippen LogP contribution in [0.3, 0.4) is 0 Å². The van der Waals surface area contributed by atoms with E-state index in [0.717, 1.165) is 23.1 Å². The van der Waals surface area contributed by atoms with E-state index in [1.54, 1.807) is 0 Å². The molecule has 0 unspecified atom stereocenters. The van der Waals surface area contributed by atoms with Crippen LogP contribution >= 0.6 is 15.9 Å². The second kappa shape index (κ2) is 7.17. The summed E-state index contributed by atoms with van der Waals surface area (Å²) in [5.41, 5.74) is 7.33. The highest BCUT2D eigenvalue weighted by atomic mass is 79.9. The molecule has 0 radical (unpaired) electrons. The zero-order valence-corrected chi connectivity index (χ0v) is 11.4. The topological polar surface area (TPSA) is 64.3 Å². The number of esters is 1. The third kappa shape index (κ3) is 5.08. The molecule has 0 aliphatic carbocycles. The van der Waals surface area contributed by atoms with Gasteiger partial charge in [0.25, 0.3) is 0 Å². The summed E-state index contributed by atoms with van der Waals surface area (Å²) >= 11 is 3.42. The lowest BCUT2D eigenvalue weighted by Gasteiger charge is -2.08. The molecule has 3 N–H and O–H groups in total. The zero-order chi connectivity index (χ0) is 12.7. The fourth-order valence-electron chi connectivity index (χ4n) is 1.36. The van der Waals surface area contributed by atoms with Crippen molar-refractivity contribution in [3.8, 4) is 0 Å². The Morgan fingerprint density at radius 1 is 1.53 bits per heavy atom. The molecule has 4 nitrogen and oxygen atoms in total. The summed E-state index contributed by atoms with van der Waals surface area (Å²) in [5.74, 6) is -0.148. The van der Waals surface area contributed by atoms with E-state index in [2.05, 4.69) is 21.2 Å². The van der Waals surface area contributed by atoms with Gasteiger partial charge in [-0.3, -0.25) is 4.79 Å². The third-order valence-electron chi connectivity index (χ3n) is 2.17. The molecule has 0 spiro atoms. The minimum absolute atomic E-state index is 0.148. The molecule has 0 fully saturated rings. The Kier molecular flexibility index (Phi) is 5.83. The lowest BCUT2D eigenvalue weighted by atomic mass is 10.2. The predicted octanol–water partition coefficient (Wildman–Crippen LogP) is 2.79. The third-order valence-corrected chi connectivity index (χ3v) is 2.83. The number of anilines is 2. The summed E-state index contributed by atoms with van der Waals surface area (Å²) < 4.78 is 5.77. The summed E-state index contributed by atoms with van der Waals surface area (Å²) in [6.07, 6.45) is 1.18. The van der Waals surface area contributed by atoms with Crippen LogP contribution in [0, 0.1) is 0 Å². The summed E-state index contributed by atoms with van der Waals surface area (Å²) in [7, 11) is 0. The summed E-state index contributed by atoms with van der Waals surface area (Å²) in [6.45, 7) is 2.97. The number of carbonyl (C=O) groups excluding carboxylic acids is 1. The van der Waals surface area contributed by atoms with E-state index < -0.39 is 0 Å². The maximum absolute atomic E-state index is 11.1. The number of hydrogen-bond donors (Lipinski definition) is 2. The van der Waals surface area contributed by atoms with Gasteiger partial charge in [0.05, 0.1) is 6.61 Å². The van der Waals surface area contributed by atoms with Crippen LogP contribution in [0.2, 0.25) is 0 Å². The SMILES string of the molecule is CCOC(=O)CCCNc1ccc(N)cc1Br. The number of hydrogen-bond acceptors (Lipinski definition) is 4. The smallest absolute Gasteiger partial charge is 0.305 e. The van der Waals surface area contributed by atoms with Crippen LogP contribution in [0.5, 0.6) is 0 Å². The number of rotatable bonds is 6. The first-order chi connectivity index (χ1) is 8.13. The standard InChI is InChI=1S/C12H17BrN2O2/c1-2-17-12(16)4-3-7-15-11-6-5-9(14)8-10(11)13/h5-6,8,15H,2-4,7,14H2,1H3. The number of ether oxygens (including phenoxy) is 1. The van der Waals surface area contributed by atoms with E-state index >= 15 is 0 Å². The molecule has 0 aromatic heterocycles. The first kappa shape index (κ1) is 13.8. The Labute approximate surface area is 110 Å². The maximum atomic E-state index is 11.1. The zero-order valence-electron chi connectivity index (χ0n) is 9.83. The molecule has 0 heterocycles. The van der Waals surface area contributed by atoms with Gasteiger partial charge in [0.15, 0.2) is 0 Å². The highest BCUT2D eigenvalue weighted by molar-refractivity contribution is 9.10. The average Bonchev–Trinajstić information content (AvgIpc) is 2.27. The Balaban J connectivity index is 2.29. The first-order valence-corrected chi connectivity index (χ1v) is 6.37. The van der Waals surface area contributed by atoms with Crippen molar-refractivity contribution in [1.82, 2.24) is 0 Å². The second-order valence-electron chi connectivity index (χ2n) is 3.57. The van der Waals surface area contributed by atoms with Crippen molar-refractivity contribution in [1.29, 1.82) is 0 Å². The lowest BCUT2D eigenvalue weighted by Crippen LogP contribution is -2.08. The summed E-state index contributed by atoms with van der Waals surface area (Å²) in [4.78, 5) is 11.1. The fourth-order valence-corrected chi connectivity index (χ4v) is 1.90. The molecule has 1 rings (SSSR count). The van der Waals surface area contributed by atoms with E-state index in [1.807, 2.05) is 25.1 Å². The molecule has 5 heteroatoms. The number of halogens is 1. The Bertz CT molecular complexity index is 383. The largest absolute Gasteiger partial charge is 0.466 e. The molecule has 0 aliphatic rings. The number of nitrogen functional groups attached to an aromatic ring is 1. The molecule has 17 heavy (non-hydrogen) atoms. The van der Waals surface area contributed by atoms with E-state index in [4.69, 9.17) is 10.5 Å². The molecule has 0 saturated carbocycles. The van der Waals surface area contributed by atoms with Gasteiger partial charge in [0.1, 0.15) is 0 Å². The molecule has 0 aliphatic heterocycles. The highest BCUT2D eigenvalue weighted by Crippen LogP contribution is 2.24. The van der Waals surface area contributed by atoms with Crippen molar-refractivity contribution >= 4 is 33.3 Å². The van der Waals surface area contributed by atoms with Crippen LogP contribution in [-0.2, 0) is 9.53 Å². The average molecular weight is 301 g/mol. The van der Waals surface area contributed by atoms with Gasteiger partial charge in [-0.2, -0.15) is 0 Å². The number of benzene rings is 1. The van der Waals surface area contributed by atoms with Crippen LogP contribution in [0.15, 0.2) is 22.7 Å². The molecule has 94 valence electrons. The van der Waals surface area contributed by atoms with Crippen molar-refractivity contribution in [3.05, 3.63) is 22.7 Å². The molecule has 0 atom stereocenters. The molecular formula is C12H17BrN2O2. The van der Waals surface area contributed by atoms with E-state index in [1.165, 1.54) is 0 Å². The Morgan fingerprint density at radius 3 is 2.94 bits per heavy atom. The molecule has 0 amide bonds. The van der Waals surface area contributed by atoms with Crippen LogP contribution < -0.4 is 11.1 Å². The molecular weight excluding hydrogens is 284 g/mol. The van der Waals surface area contributed by atoms with Crippen LogP contribution in [0.4, 0.5) is 11.4 Å². The van der Waals surface area contributed by atoms with Gasteiger partial charge in [-0.15, -0.1) is 0 Å². The molecule has 1 aromatic rings. The van der Waals surface area contributed by atoms with Gasteiger partial charge >= 0.3 is 5.97 Å². The number of nitrogens with two attached hydrogens (primary N) is 1. The normalized spacial score (nSPS) is 10.0. The lowest BCUT2D eigenvalue weighted by molar-refractivity contribution is -0.143. The number of nitrogens with one attached hydrogen (secondary N) is 1. The van der Waals surface area contributed by atoms with Crippen LogP contribution in [0.1, 0.15) is 19.8 Å². The summed E-state index contributed by atoms with van der Waals surface area (Å²) in [6, 6.07) is 5.58. The quantitative estimate of drug-likeness (QED) is 0.482. The Morgan fingerprint density at radius 2 is 2.29 bits per heavy atom. The second-order valence-corrected chi connectivity index (χ2v) is 4.43. The Hall–Kier alpha value is -1.23. The van der Waals surface area contributed by atoms with Gasteiger partial charge in [-0.1, -0.05) is 0 Å². The number of carbonyl (C=O) groups is 1. The molecule has 1 aromatic carbocycles. The minimum Gasteiger partial charge on any atom is -0.466 e. The maximum Gasteiger partial charge on any atom is 0.305 e.